The van der Waals surface area contributed by atoms with Crippen LogP contribution in [-0.4, -0.2) is 29.2 Å². The first-order valence-electron chi connectivity index (χ1n) is 11.5. The number of esters is 1. The van der Waals surface area contributed by atoms with Crippen LogP contribution in [0.2, 0.25) is 0 Å². The molecule has 0 spiro atoms. The van der Waals surface area contributed by atoms with Gasteiger partial charge in [-0.2, -0.15) is 0 Å². The van der Waals surface area contributed by atoms with Gasteiger partial charge in [-0.25, -0.2) is 9.79 Å². The Balaban J connectivity index is 1.59. The number of hydrogen-bond acceptors (Lipinski definition) is 10. The summed E-state index contributed by atoms with van der Waals surface area (Å²) in [5, 5.41) is 13.0. The number of carbonyl (C=O) groups excluding carboxylic acids is 1. The lowest BCUT2D eigenvalue weighted by Crippen LogP contribution is -2.39. The van der Waals surface area contributed by atoms with Crippen LogP contribution in [0, 0.1) is 10.1 Å². The third-order valence-corrected chi connectivity index (χ3v) is 7.80. The molecule has 0 saturated heterocycles. The van der Waals surface area contributed by atoms with Crippen LogP contribution in [0.3, 0.4) is 0 Å². The molecule has 1 unspecified atom stereocenters. The highest BCUT2D eigenvalue weighted by Gasteiger charge is 2.33. The zero-order valence-electron chi connectivity index (χ0n) is 20.5. The molecular formula is C26H21N3O7S2. The number of non-ortho nitro benzene ring substituents is 1. The topological polar surface area (TPSA) is 126 Å². The minimum absolute atomic E-state index is 0.101. The molecule has 194 valence electrons. The molecule has 12 heteroatoms. The number of nitro benzene ring substituents is 1. The molecule has 10 nitrogen and oxygen atoms in total. The molecule has 1 aliphatic heterocycles. The lowest BCUT2D eigenvalue weighted by molar-refractivity contribution is -0.384. The molecule has 0 amide bonds. The summed E-state index contributed by atoms with van der Waals surface area (Å²) in [6, 6.07) is 10.7. The standard InChI is InChI=1S/C26H21N3O7S2/c1-4-35-25(31)22-14(2)27-26-28(23(22)20-6-5-11-37-20)24(30)21(38-26)13-16-8-10-18(36-16)17-9-7-15(29(32)33)12-19(17)34-3/h5-13,23H,4H2,1-3H3. The molecule has 3 aromatic heterocycles. The molecule has 0 saturated carbocycles. The summed E-state index contributed by atoms with van der Waals surface area (Å²) in [6.07, 6.45) is 1.61. The minimum Gasteiger partial charge on any atom is -0.496 e. The van der Waals surface area contributed by atoms with Crippen molar-refractivity contribution in [3.63, 3.8) is 0 Å². The maximum absolute atomic E-state index is 13.6. The van der Waals surface area contributed by atoms with Crippen molar-refractivity contribution in [2.75, 3.05) is 13.7 Å². The fourth-order valence-corrected chi connectivity index (χ4v) is 6.06. The van der Waals surface area contributed by atoms with Gasteiger partial charge >= 0.3 is 5.97 Å². The first kappa shape index (κ1) is 25.4. The van der Waals surface area contributed by atoms with Crippen molar-refractivity contribution in [3.8, 4) is 17.1 Å². The van der Waals surface area contributed by atoms with Crippen molar-refractivity contribution in [3.05, 3.63) is 99.6 Å². The molecule has 1 atom stereocenters. The van der Waals surface area contributed by atoms with E-state index >= 15 is 0 Å². The predicted octanol–water partition coefficient (Wildman–Crippen LogP) is 4.04. The van der Waals surface area contributed by atoms with Crippen molar-refractivity contribution in [2.24, 2.45) is 4.99 Å². The van der Waals surface area contributed by atoms with Crippen molar-refractivity contribution in [1.82, 2.24) is 4.57 Å². The number of hydrogen-bond donors (Lipinski definition) is 0. The van der Waals surface area contributed by atoms with Gasteiger partial charge in [-0.1, -0.05) is 17.4 Å². The quantitative estimate of drug-likeness (QED) is 0.193. The van der Waals surface area contributed by atoms with Gasteiger partial charge in [0.2, 0.25) is 0 Å². The second-order valence-electron chi connectivity index (χ2n) is 8.16. The van der Waals surface area contributed by atoms with E-state index in [4.69, 9.17) is 13.9 Å². The second kappa shape index (κ2) is 10.2. The molecule has 4 aromatic rings. The monoisotopic (exact) mass is 551 g/mol. The highest BCUT2D eigenvalue weighted by molar-refractivity contribution is 7.10. The van der Waals surface area contributed by atoms with Crippen LogP contribution < -0.4 is 19.6 Å². The lowest BCUT2D eigenvalue weighted by atomic mass is 10.0. The summed E-state index contributed by atoms with van der Waals surface area (Å²) in [6.45, 7) is 3.67. The van der Waals surface area contributed by atoms with E-state index in [0.717, 1.165) is 4.88 Å². The highest BCUT2D eigenvalue weighted by Crippen LogP contribution is 2.35. The summed E-state index contributed by atoms with van der Waals surface area (Å²) in [5.41, 5.74) is 0.953. The van der Waals surface area contributed by atoms with Gasteiger partial charge < -0.3 is 13.9 Å². The number of fused-ring (bicyclic) bond motifs is 1. The first-order valence-corrected chi connectivity index (χ1v) is 13.2. The molecule has 5 rings (SSSR count). The van der Waals surface area contributed by atoms with Gasteiger partial charge in [-0.05, 0) is 43.5 Å². The first-order chi connectivity index (χ1) is 18.3. The molecule has 38 heavy (non-hydrogen) atoms. The van der Waals surface area contributed by atoms with Crippen LogP contribution in [0.25, 0.3) is 17.4 Å². The van der Waals surface area contributed by atoms with Crippen molar-refractivity contribution >= 4 is 40.4 Å². The summed E-state index contributed by atoms with van der Waals surface area (Å²) in [4.78, 5) is 42.9. The lowest BCUT2D eigenvalue weighted by Gasteiger charge is -2.23. The van der Waals surface area contributed by atoms with Gasteiger partial charge in [0.05, 0.1) is 46.1 Å². The molecule has 0 bridgehead atoms. The van der Waals surface area contributed by atoms with Crippen LogP contribution in [0.4, 0.5) is 5.69 Å². The van der Waals surface area contributed by atoms with E-state index in [9.17, 15) is 19.7 Å². The Labute approximate surface area is 223 Å². The number of thiazole rings is 1. The van der Waals surface area contributed by atoms with Gasteiger partial charge in [0.15, 0.2) is 4.80 Å². The van der Waals surface area contributed by atoms with Crippen molar-refractivity contribution < 1.29 is 23.6 Å². The Morgan fingerprint density at radius 1 is 1.29 bits per heavy atom. The number of rotatable bonds is 7. The fraction of sp³-hybridized carbons (Fsp3) is 0.192. The van der Waals surface area contributed by atoms with E-state index in [-0.39, 0.29) is 23.6 Å². The van der Waals surface area contributed by atoms with Crippen LogP contribution in [0.5, 0.6) is 5.75 Å². The number of carbonyl (C=O) groups is 1. The van der Waals surface area contributed by atoms with Crippen LogP contribution in [0.1, 0.15) is 30.5 Å². The number of benzene rings is 1. The molecule has 0 aliphatic carbocycles. The normalized spacial score (nSPS) is 15.2. The number of ether oxygens (including phenoxy) is 2. The molecule has 0 radical (unpaired) electrons. The number of nitro groups is 1. The smallest absolute Gasteiger partial charge is 0.338 e. The molecule has 0 fully saturated rings. The van der Waals surface area contributed by atoms with E-state index in [2.05, 4.69) is 4.99 Å². The average molecular weight is 552 g/mol. The van der Waals surface area contributed by atoms with E-state index < -0.39 is 16.9 Å². The molecule has 0 N–H and O–H groups in total. The van der Waals surface area contributed by atoms with Gasteiger partial charge in [0, 0.05) is 17.0 Å². The third-order valence-electron chi connectivity index (χ3n) is 5.89. The van der Waals surface area contributed by atoms with Gasteiger partial charge in [-0.3, -0.25) is 19.5 Å². The summed E-state index contributed by atoms with van der Waals surface area (Å²) >= 11 is 2.64. The van der Waals surface area contributed by atoms with Crippen molar-refractivity contribution in [1.29, 1.82) is 0 Å². The minimum atomic E-state index is -0.649. The van der Waals surface area contributed by atoms with E-state index in [1.54, 1.807) is 38.1 Å². The summed E-state index contributed by atoms with van der Waals surface area (Å²) < 4.78 is 18.5. The Bertz CT molecular complexity index is 1760. The Kier molecular flexibility index (Phi) is 6.83. The Hall–Kier alpha value is -4.29. The molecular weight excluding hydrogens is 530 g/mol. The Morgan fingerprint density at radius 3 is 2.79 bits per heavy atom. The predicted molar refractivity (Wildman–Crippen MR) is 142 cm³/mol. The highest BCUT2D eigenvalue weighted by atomic mass is 32.1. The number of thiophene rings is 1. The van der Waals surface area contributed by atoms with Crippen LogP contribution in [0.15, 0.2) is 73.3 Å². The van der Waals surface area contributed by atoms with E-state index in [0.29, 0.717) is 37.7 Å². The third kappa shape index (κ3) is 4.48. The van der Waals surface area contributed by atoms with Crippen LogP contribution >= 0.6 is 22.7 Å². The number of furan rings is 1. The molecule has 1 aliphatic rings. The molecule has 1 aromatic carbocycles. The summed E-state index contributed by atoms with van der Waals surface area (Å²) in [7, 11) is 1.42. The van der Waals surface area contributed by atoms with Gasteiger partial charge in [0.25, 0.3) is 11.2 Å². The largest absolute Gasteiger partial charge is 0.496 e. The van der Waals surface area contributed by atoms with E-state index in [1.165, 1.54) is 46.5 Å². The number of aromatic nitrogens is 1. The summed E-state index contributed by atoms with van der Waals surface area (Å²) in [5.74, 6) is 0.610. The zero-order chi connectivity index (χ0) is 27.0. The maximum Gasteiger partial charge on any atom is 0.338 e. The number of methoxy groups -OCH3 is 1. The molecule has 4 heterocycles. The second-order valence-corrected chi connectivity index (χ2v) is 10.1. The zero-order valence-corrected chi connectivity index (χ0v) is 22.1. The van der Waals surface area contributed by atoms with Gasteiger partial charge in [-0.15, -0.1) is 11.3 Å². The number of allylic oxidation sites excluding steroid dienone is 1. The van der Waals surface area contributed by atoms with Crippen LogP contribution in [-0.2, 0) is 9.53 Å². The number of nitrogens with zero attached hydrogens (tertiary/aromatic N) is 3. The fourth-order valence-electron chi connectivity index (χ4n) is 4.21. The maximum atomic E-state index is 13.6. The van der Waals surface area contributed by atoms with E-state index in [1.807, 2.05) is 17.5 Å². The van der Waals surface area contributed by atoms with Crippen molar-refractivity contribution in [2.45, 2.75) is 19.9 Å². The SMILES string of the molecule is CCOC(=O)C1=C(C)N=c2sc(=Cc3ccc(-c4ccc([N+](=O)[O-])cc4OC)o3)c(=O)n2C1c1cccs1. The average Bonchev–Trinajstić information content (AvgIpc) is 3.65. The van der Waals surface area contributed by atoms with Gasteiger partial charge in [0.1, 0.15) is 23.3 Å². The Morgan fingerprint density at radius 2 is 2.11 bits per heavy atom.